The summed E-state index contributed by atoms with van der Waals surface area (Å²) in [5.74, 6) is -2.12. The second-order valence-corrected chi connectivity index (χ2v) is 5.07. The lowest BCUT2D eigenvalue weighted by Gasteiger charge is -2.31. The van der Waals surface area contributed by atoms with Crippen LogP contribution in [0.2, 0.25) is 0 Å². The van der Waals surface area contributed by atoms with Crippen molar-refractivity contribution in [1.82, 2.24) is 0 Å². The van der Waals surface area contributed by atoms with E-state index in [-0.39, 0.29) is 12.8 Å². The molecule has 0 bridgehead atoms. The van der Waals surface area contributed by atoms with Crippen molar-refractivity contribution in [2.45, 2.75) is 31.5 Å². The zero-order valence-corrected chi connectivity index (χ0v) is 11.7. The molecular weight excluding hydrogens is 285 g/mol. The molecule has 0 amide bonds. The van der Waals surface area contributed by atoms with Crippen LogP contribution in [0.4, 0.5) is 13.2 Å². The van der Waals surface area contributed by atoms with Crippen LogP contribution in [0.1, 0.15) is 18.4 Å². The van der Waals surface area contributed by atoms with E-state index in [1.54, 1.807) is 24.3 Å². The summed E-state index contributed by atoms with van der Waals surface area (Å²) >= 11 is 0. The van der Waals surface area contributed by atoms with Gasteiger partial charge in [0, 0.05) is 6.61 Å². The Hall–Kier alpha value is -1.56. The Kier molecular flexibility index (Phi) is 4.88. The first kappa shape index (κ1) is 15.8. The number of hydrogen-bond acceptors (Lipinski definition) is 3. The van der Waals surface area contributed by atoms with Crippen LogP contribution in [0, 0.1) is 5.92 Å². The Morgan fingerprint density at radius 2 is 2.00 bits per heavy atom. The normalized spacial score (nSPS) is 22.9. The van der Waals surface area contributed by atoms with E-state index in [9.17, 15) is 18.0 Å². The second kappa shape index (κ2) is 6.47. The van der Waals surface area contributed by atoms with E-state index in [1.807, 2.05) is 0 Å². The zero-order chi connectivity index (χ0) is 15.5. The average molecular weight is 302 g/mol. The number of carbonyl (C=O) groups is 1. The molecule has 21 heavy (non-hydrogen) atoms. The molecule has 3 nitrogen and oxygen atoms in total. The molecule has 0 radical (unpaired) electrons. The van der Waals surface area contributed by atoms with Gasteiger partial charge in [-0.2, -0.15) is 13.2 Å². The molecule has 1 aromatic rings. The molecule has 0 N–H and O–H groups in total. The lowest BCUT2D eigenvalue weighted by atomic mass is 9.86. The van der Waals surface area contributed by atoms with Crippen LogP contribution in [0.15, 0.2) is 24.3 Å². The van der Waals surface area contributed by atoms with Gasteiger partial charge in [0.1, 0.15) is 5.75 Å². The van der Waals surface area contributed by atoms with Crippen molar-refractivity contribution in [3.8, 4) is 5.75 Å². The van der Waals surface area contributed by atoms with Gasteiger partial charge in [0.15, 0.2) is 0 Å². The molecule has 0 unspecified atom stereocenters. The van der Waals surface area contributed by atoms with Crippen molar-refractivity contribution in [2.75, 3.05) is 13.7 Å². The number of methoxy groups -OCH3 is 1. The number of hydrogen-bond donors (Lipinski definition) is 0. The van der Waals surface area contributed by atoms with Gasteiger partial charge >= 0.3 is 6.18 Å². The van der Waals surface area contributed by atoms with Crippen LogP contribution in [0.25, 0.3) is 0 Å². The van der Waals surface area contributed by atoms with E-state index in [0.29, 0.717) is 18.8 Å². The number of Topliss-reactive ketones (excluding diaryl/α,β-unsaturated/α-hetero) is 1. The highest BCUT2D eigenvalue weighted by atomic mass is 19.4. The number of carbonyl (C=O) groups excluding carboxylic acids is 1. The lowest BCUT2D eigenvalue weighted by Crippen LogP contribution is -2.42. The fourth-order valence-corrected chi connectivity index (χ4v) is 2.55. The summed E-state index contributed by atoms with van der Waals surface area (Å²) < 4.78 is 48.3. The van der Waals surface area contributed by atoms with E-state index < -0.39 is 24.0 Å². The van der Waals surface area contributed by atoms with Gasteiger partial charge in [0.05, 0.1) is 19.1 Å². The summed E-state index contributed by atoms with van der Waals surface area (Å²) in [5.41, 5.74) is 0.822. The molecule has 1 aromatic carbocycles. The quantitative estimate of drug-likeness (QED) is 0.857. The van der Waals surface area contributed by atoms with Gasteiger partial charge < -0.3 is 9.47 Å². The van der Waals surface area contributed by atoms with Crippen molar-refractivity contribution in [1.29, 1.82) is 0 Å². The minimum absolute atomic E-state index is 0.221. The largest absolute Gasteiger partial charge is 0.497 e. The minimum Gasteiger partial charge on any atom is -0.497 e. The molecule has 0 aliphatic carbocycles. The maximum Gasteiger partial charge on any atom is 0.450 e. The van der Waals surface area contributed by atoms with Crippen molar-refractivity contribution in [3.63, 3.8) is 0 Å². The predicted octanol–water partition coefficient (Wildman–Crippen LogP) is 3.16. The molecule has 2 rings (SSSR count). The van der Waals surface area contributed by atoms with Crippen LogP contribution >= 0.6 is 0 Å². The third-order valence-corrected chi connectivity index (χ3v) is 3.65. The molecule has 2 atom stereocenters. The van der Waals surface area contributed by atoms with Gasteiger partial charge in [-0.1, -0.05) is 12.1 Å². The fourth-order valence-electron chi connectivity index (χ4n) is 2.55. The predicted molar refractivity (Wildman–Crippen MR) is 70.2 cm³/mol. The summed E-state index contributed by atoms with van der Waals surface area (Å²) in [6.07, 6.45) is -4.54. The van der Waals surface area contributed by atoms with E-state index >= 15 is 0 Å². The van der Waals surface area contributed by atoms with Gasteiger partial charge in [-0.05, 0) is 37.0 Å². The van der Waals surface area contributed by atoms with E-state index in [4.69, 9.17) is 9.47 Å². The lowest BCUT2D eigenvalue weighted by molar-refractivity contribution is -0.183. The van der Waals surface area contributed by atoms with Gasteiger partial charge in [-0.15, -0.1) is 0 Å². The molecule has 6 heteroatoms. The van der Waals surface area contributed by atoms with Crippen LogP contribution in [0.5, 0.6) is 5.75 Å². The van der Waals surface area contributed by atoms with Crippen molar-refractivity contribution in [3.05, 3.63) is 29.8 Å². The Morgan fingerprint density at radius 3 is 2.57 bits per heavy atom. The Bertz CT molecular complexity index is 482. The first-order valence-electron chi connectivity index (χ1n) is 6.77. The summed E-state index contributed by atoms with van der Waals surface area (Å²) in [4.78, 5) is 11.5. The van der Waals surface area contributed by atoms with Crippen LogP contribution in [-0.4, -0.2) is 31.8 Å². The Balaban J connectivity index is 2.09. The third-order valence-electron chi connectivity index (χ3n) is 3.65. The zero-order valence-electron chi connectivity index (χ0n) is 11.7. The maximum atomic E-state index is 12.6. The average Bonchev–Trinajstić information content (AvgIpc) is 2.47. The number of ether oxygens (including phenoxy) is 2. The number of halogens is 3. The Morgan fingerprint density at radius 1 is 1.33 bits per heavy atom. The number of ketones is 1. The van der Waals surface area contributed by atoms with Gasteiger partial charge in [0.2, 0.25) is 5.78 Å². The molecule has 0 aromatic heterocycles. The molecule has 1 heterocycles. The highest BCUT2D eigenvalue weighted by Crippen LogP contribution is 2.31. The molecule has 1 aliphatic heterocycles. The summed E-state index contributed by atoms with van der Waals surface area (Å²) in [6, 6.07) is 7.01. The smallest absolute Gasteiger partial charge is 0.450 e. The number of alkyl halides is 3. The highest BCUT2D eigenvalue weighted by Gasteiger charge is 2.47. The minimum atomic E-state index is -4.80. The molecule has 0 spiro atoms. The summed E-state index contributed by atoms with van der Waals surface area (Å²) in [6.45, 7) is 0.391. The molecule has 1 saturated heterocycles. The molecule has 1 aliphatic rings. The van der Waals surface area contributed by atoms with Crippen LogP contribution < -0.4 is 4.74 Å². The summed E-state index contributed by atoms with van der Waals surface area (Å²) in [5, 5.41) is 0. The van der Waals surface area contributed by atoms with Gasteiger partial charge in [-0.25, -0.2) is 0 Å². The molecule has 116 valence electrons. The van der Waals surface area contributed by atoms with Crippen molar-refractivity contribution >= 4 is 5.78 Å². The van der Waals surface area contributed by atoms with Gasteiger partial charge in [0.25, 0.3) is 0 Å². The summed E-state index contributed by atoms with van der Waals surface area (Å²) in [7, 11) is 1.54. The standard InChI is InChI=1S/C15H17F3O3/c1-20-11-6-4-10(5-7-11)9-13-12(3-2-8-21-13)14(19)15(16,17)18/h4-7,12-13H,2-3,8-9H2,1H3/t12-,13-/m1/s1. The topological polar surface area (TPSA) is 35.5 Å². The Labute approximate surface area is 121 Å². The SMILES string of the molecule is COc1ccc(C[C@H]2OCCC[C@H]2C(=O)C(F)(F)F)cc1. The van der Waals surface area contributed by atoms with Crippen molar-refractivity contribution in [2.24, 2.45) is 5.92 Å². The van der Waals surface area contributed by atoms with Crippen LogP contribution in [0.3, 0.4) is 0 Å². The fraction of sp³-hybridized carbons (Fsp3) is 0.533. The monoisotopic (exact) mass is 302 g/mol. The maximum absolute atomic E-state index is 12.6. The molecule has 0 saturated carbocycles. The first-order chi connectivity index (χ1) is 9.91. The number of rotatable bonds is 4. The van der Waals surface area contributed by atoms with E-state index in [2.05, 4.69) is 0 Å². The van der Waals surface area contributed by atoms with Crippen LogP contribution in [-0.2, 0) is 16.0 Å². The third kappa shape index (κ3) is 3.97. The highest BCUT2D eigenvalue weighted by molar-refractivity contribution is 5.87. The molecule has 1 fully saturated rings. The van der Waals surface area contributed by atoms with Crippen molar-refractivity contribution < 1.29 is 27.4 Å². The number of benzene rings is 1. The van der Waals surface area contributed by atoms with E-state index in [0.717, 1.165) is 5.56 Å². The molecular formula is C15H17F3O3. The first-order valence-corrected chi connectivity index (χ1v) is 6.77. The second-order valence-electron chi connectivity index (χ2n) is 5.07. The van der Waals surface area contributed by atoms with Gasteiger partial charge in [-0.3, -0.25) is 4.79 Å². The van der Waals surface area contributed by atoms with E-state index in [1.165, 1.54) is 7.11 Å².